The van der Waals surface area contributed by atoms with Crippen molar-refractivity contribution in [2.75, 3.05) is 0 Å². The fourth-order valence-corrected chi connectivity index (χ4v) is 3.01. The summed E-state index contributed by atoms with van der Waals surface area (Å²) in [5.74, 6) is 0. The maximum Gasteiger partial charge on any atom is 0.0904 e. The fourth-order valence-electron chi connectivity index (χ4n) is 1.35. The molecule has 1 aromatic carbocycles. The molecule has 0 spiro atoms. The number of benzene rings is 1. The molecule has 1 aromatic rings. The number of hydrogen-bond donors (Lipinski definition) is 1. The van der Waals surface area contributed by atoms with Crippen LogP contribution in [0.3, 0.4) is 0 Å². The van der Waals surface area contributed by atoms with Crippen LogP contribution in [0.5, 0.6) is 0 Å². The molecule has 0 saturated heterocycles. The average molecular weight is 308 g/mol. The highest BCUT2D eigenvalue weighted by Crippen LogP contribution is 2.33. The number of alkyl halides is 1. The smallest absolute Gasteiger partial charge is 0.0904 e. The lowest BCUT2D eigenvalue weighted by Crippen LogP contribution is -2.38. The zero-order valence-electron chi connectivity index (χ0n) is 9.17. The monoisotopic (exact) mass is 306 g/mol. The lowest BCUT2D eigenvalue weighted by molar-refractivity contribution is 0.193. The highest BCUT2D eigenvalue weighted by molar-refractivity contribution is 9.10. The van der Waals surface area contributed by atoms with Crippen molar-refractivity contribution in [3.8, 4) is 0 Å². The summed E-state index contributed by atoms with van der Waals surface area (Å²) in [6.45, 7) is 6.64. The lowest BCUT2D eigenvalue weighted by atomic mass is 10.1. The van der Waals surface area contributed by atoms with Gasteiger partial charge in [0.2, 0.25) is 0 Å². The van der Waals surface area contributed by atoms with Gasteiger partial charge in [0.05, 0.1) is 14.2 Å². The molecule has 0 aromatic heterocycles. The van der Waals surface area contributed by atoms with E-state index in [0.717, 1.165) is 5.56 Å². The average Bonchev–Trinajstić information content (AvgIpc) is 2.15. The van der Waals surface area contributed by atoms with Gasteiger partial charge in [0.25, 0.3) is 0 Å². The summed E-state index contributed by atoms with van der Waals surface area (Å²) >= 11 is 9.64. The Morgan fingerprint density at radius 3 is 2.27 bits per heavy atom. The third-order valence-corrected chi connectivity index (χ3v) is 9.26. The minimum absolute atomic E-state index is 0.116. The summed E-state index contributed by atoms with van der Waals surface area (Å²) in [6, 6.07) is 7.45. The van der Waals surface area contributed by atoms with E-state index in [1.807, 2.05) is 24.3 Å². The molecule has 0 bridgehead atoms. The minimum Gasteiger partial charge on any atom is -0.387 e. The van der Waals surface area contributed by atoms with Crippen LogP contribution >= 0.6 is 27.5 Å². The summed E-state index contributed by atoms with van der Waals surface area (Å²) < 4.78 is 0.116. The summed E-state index contributed by atoms with van der Waals surface area (Å²) in [4.78, 5) is 0. The van der Waals surface area contributed by atoms with E-state index in [-0.39, 0.29) is 4.45 Å². The molecule has 1 rings (SSSR count). The van der Waals surface area contributed by atoms with Gasteiger partial charge in [-0.25, -0.2) is 0 Å². The molecule has 15 heavy (non-hydrogen) atoms. The molecule has 2 atom stereocenters. The van der Waals surface area contributed by atoms with Crippen LogP contribution in [0, 0.1) is 0 Å². The van der Waals surface area contributed by atoms with Gasteiger partial charge in [-0.3, -0.25) is 0 Å². The molecule has 0 aliphatic heterocycles. The number of aliphatic hydroxyl groups is 1. The predicted molar refractivity (Wildman–Crippen MR) is 72.5 cm³/mol. The molecule has 4 heteroatoms. The molecule has 84 valence electrons. The van der Waals surface area contributed by atoms with E-state index in [0.29, 0.717) is 5.02 Å². The Kier molecular flexibility index (Phi) is 4.41. The summed E-state index contributed by atoms with van der Waals surface area (Å²) in [5.41, 5.74) is 0.809. The molecule has 0 radical (unpaired) electrons. The van der Waals surface area contributed by atoms with Gasteiger partial charge < -0.3 is 5.11 Å². The lowest BCUT2D eigenvalue weighted by Gasteiger charge is -2.28. The molecule has 0 aliphatic carbocycles. The second-order valence-corrected chi connectivity index (χ2v) is 12.3. The van der Waals surface area contributed by atoms with Crippen molar-refractivity contribution in [3.63, 3.8) is 0 Å². The van der Waals surface area contributed by atoms with Crippen LogP contribution < -0.4 is 0 Å². The number of rotatable bonds is 3. The van der Waals surface area contributed by atoms with Crippen molar-refractivity contribution in [2.45, 2.75) is 30.2 Å². The second-order valence-electron chi connectivity index (χ2n) is 4.73. The largest absolute Gasteiger partial charge is 0.387 e. The Morgan fingerprint density at radius 2 is 1.80 bits per heavy atom. The van der Waals surface area contributed by atoms with Crippen LogP contribution in [0.25, 0.3) is 0 Å². The first kappa shape index (κ1) is 13.2. The van der Waals surface area contributed by atoms with Gasteiger partial charge in [0.1, 0.15) is 0 Å². The van der Waals surface area contributed by atoms with Crippen LogP contribution in [0.2, 0.25) is 24.7 Å². The fraction of sp³-hybridized carbons (Fsp3) is 0.455. The summed E-state index contributed by atoms with van der Waals surface area (Å²) in [6.07, 6.45) is -0.523. The Morgan fingerprint density at radius 1 is 1.27 bits per heavy atom. The van der Waals surface area contributed by atoms with Crippen molar-refractivity contribution in [3.05, 3.63) is 34.9 Å². The molecule has 0 aliphatic rings. The minimum atomic E-state index is -1.42. The van der Waals surface area contributed by atoms with Crippen molar-refractivity contribution < 1.29 is 5.11 Å². The predicted octanol–water partition coefficient (Wildman–Crippen LogP) is 4.01. The van der Waals surface area contributed by atoms with Gasteiger partial charge in [0.15, 0.2) is 0 Å². The molecular weight excluding hydrogens is 292 g/mol. The van der Waals surface area contributed by atoms with Crippen LogP contribution in [0.1, 0.15) is 11.7 Å². The molecule has 1 nitrogen and oxygen atoms in total. The SMILES string of the molecule is C[Si](C)(C)C(Br)C(O)c1ccccc1Cl. The first-order valence-corrected chi connectivity index (χ1v) is 9.77. The topological polar surface area (TPSA) is 20.2 Å². The van der Waals surface area contributed by atoms with E-state index in [1.54, 1.807) is 0 Å². The second kappa shape index (κ2) is 5.00. The number of aliphatic hydroxyl groups excluding tert-OH is 1. The third kappa shape index (κ3) is 3.31. The van der Waals surface area contributed by atoms with Gasteiger partial charge in [0, 0.05) is 9.47 Å². The summed E-state index contributed by atoms with van der Waals surface area (Å²) in [5, 5.41) is 10.8. The maximum absolute atomic E-state index is 10.2. The van der Waals surface area contributed by atoms with Crippen LogP contribution in [-0.4, -0.2) is 17.6 Å². The van der Waals surface area contributed by atoms with E-state index < -0.39 is 14.2 Å². The molecule has 1 N–H and O–H groups in total. The Labute approximate surface area is 106 Å². The molecule has 0 amide bonds. The van der Waals surface area contributed by atoms with Crippen molar-refractivity contribution in [1.82, 2.24) is 0 Å². The maximum atomic E-state index is 10.2. The zero-order chi connectivity index (χ0) is 11.6. The van der Waals surface area contributed by atoms with Crippen LogP contribution in [0.15, 0.2) is 24.3 Å². The first-order chi connectivity index (χ1) is 6.84. The van der Waals surface area contributed by atoms with E-state index >= 15 is 0 Å². The van der Waals surface area contributed by atoms with E-state index in [9.17, 15) is 5.11 Å². The first-order valence-electron chi connectivity index (χ1n) is 4.90. The van der Waals surface area contributed by atoms with E-state index in [1.165, 1.54) is 0 Å². The van der Waals surface area contributed by atoms with Gasteiger partial charge in [-0.2, -0.15) is 0 Å². The van der Waals surface area contributed by atoms with Crippen molar-refractivity contribution in [1.29, 1.82) is 0 Å². The Bertz CT molecular complexity index is 338. The standard InChI is InChI=1S/C11H16BrClOSi/c1-15(2,3)11(12)10(14)8-6-4-5-7-9(8)13/h4-7,10-11,14H,1-3H3. The van der Waals surface area contributed by atoms with E-state index in [4.69, 9.17) is 11.6 Å². The summed E-state index contributed by atoms with van der Waals surface area (Å²) in [7, 11) is -1.42. The van der Waals surface area contributed by atoms with Gasteiger partial charge in [-0.15, -0.1) is 0 Å². The van der Waals surface area contributed by atoms with Gasteiger partial charge in [-0.05, 0) is 11.6 Å². The number of halogens is 2. The normalized spacial score (nSPS) is 16.1. The van der Waals surface area contributed by atoms with Crippen LogP contribution in [0.4, 0.5) is 0 Å². The quantitative estimate of drug-likeness (QED) is 0.661. The molecule has 2 unspecified atom stereocenters. The van der Waals surface area contributed by atoms with Crippen molar-refractivity contribution >= 4 is 35.6 Å². The molecule has 0 fully saturated rings. The Hall–Kier alpha value is 0.167. The van der Waals surface area contributed by atoms with Crippen molar-refractivity contribution in [2.24, 2.45) is 0 Å². The zero-order valence-corrected chi connectivity index (χ0v) is 12.5. The highest BCUT2D eigenvalue weighted by Gasteiger charge is 2.32. The highest BCUT2D eigenvalue weighted by atomic mass is 79.9. The van der Waals surface area contributed by atoms with Gasteiger partial charge >= 0.3 is 0 Å². The molecular formula is C11H16BrClOSi. The molecule has 0 heterocycles. The van der Waals surface area contributed by atoms with E-state index in [2.05, 4.69) is 35.6 Å². The molecule has 0 saturated carbocycles. The van der Waals surface area contributed by atoms with Gasteiger partial charge in [-0.1, -0.05) is 65.4 Å². The number of hydrogen-bond acceptors (Lipinski definition) is 1. The van der Waals surface area contributed by atoms with Crippen LogP contribution in [-0.2, 0) is 0 Å². The third-order valence-electron chi connectivity index (χ3n) is 2.33. The Balaban J connectivity index is 2.95.